The molecule has 4 nitrogen and oxygen atoms in total. The number of hydrogen-bond donors (Lipinski definition) is 2. The average Bonchev–Trinajstić information content (AvgIpc) is 2.89. The number of primary amides is 1. The molecule has 0 spiro atoms. The van der Waals surface area contributed by atoms with Crippen molar-refractivity contribution in [1.29, 1.82) is 0 Å². The van der Waals surface area contributed by atoms with Gasteiger partial charge < -0.3 is 10.7 Å². The molecule has 1 amide bonds. The fraction of sp³-hybridized carbons (Fsp3) is 0. The van der Waals surface area contributed by atoms with Gasteiger partial charge >= 0.3 is 0 Å². The minimum absolute atomic E-state index is 0.462. The summed E-state index contributed by atoms with van der Waals surface area (Å²) < 4.78 is 0.950. The molecule has 0 atom stereocenters. The maximum atomic E-state index is 11.8. The second kappa shape index (κ2) is 5.54. The predicted octanol–water partition coefficient (Wildman–Crippen LogP) is 3.35. The molecular formula is C16H12BrN3O. The van der Waals surface area contributed by atoms with Crippen molar-refractivity contribution >= 4 is 44.5 Å². The molecule has 0 aliphatic rings. The van der Waals surface area contributed by atoms with Crippen LogP contribution in [0.4, 0.5) is 0 Å². The van der Waals surface area contributed by atoms with Crippen molar-refractivity contribution in [3.8, 4) is 0 Å². The molecule has 0 radical (unpaired) electrons. The third-order valence-electron chi connectivity index (χ3n) is 3.20. The van der Waals surface area contributed by atoms with Crippen molar-refractivity contribution in [3.63, 3.8) is 0 Å². The molecule has 0 fully saturated rings. The molecule has 5 heteroatoms. The number of aromatic nitrogens is 2. The fourth-order valence-corrected chi connectivity index (χ4v) is 2.44. The number of benzene rings is 1. The summed E-state index contributed by atoms with van der Waals surface area (Å²) in [4.78, 5) is 19.1. The molecule has 3 rings (SSSR count). The molecule has 0 unspecified atom stereocenters. The lowest BCUT2D eigenvalue weighted by Crippen LogP contribution is -2.12. The van der Waals surface area contributed by atoms with Gasteiger partial charge in [0, 0.05) is 33.4 Å². The van der Waals surface area contributed by atoms with E-state index in [-0.39, 0.29) is 0 Å². The normalized spacial score (nSPS) is 11.8. The molecular weight excluding hydrogens is 330 g/mol. The van der Waals surface area contributed by atoms with Gasteiger partial charge in [0.2, 0.25) is 5.91 Å². The second-order valence-electron chi connectivity index (χ2n) is 4.57. The highest BCUT2D eigenvalue weighted by atomic mass is 79.9. The van der Waals surface area contributed by atoms with Crippen LogP contribution >= 0.6 is 15.9 Å². The summed E-state index contributed by atoms with van der Waals surface area (Å²) in [5.41, 5.74) is 8.43. The topological polar surface area (TPSA) is 71.8 Å². The predicted molar refractivity (Wildman–Crippen MR) is 87.3 cm³/mol. The number of nitrogens with zero attached hydrogens (tertiary/aromatic N) is 1. The number of carbonyl (C=O) groups excluding carboxylic acids is 1. The number of amides is 1. The first-order valence-corrected chi connectivity index (χ1v) is 7.14. The maximum absolute atomic E-state index is 11.8. The number of pyridine rings is 1. The van der Waals surface area contributed by atoms with E-state index in [0.717, 1.165) is 26.6 Å². The lowest BCUT2D eigenvalue weighted by Gasteiger charge is -2.04. The van der Waals surface area contributed by atoms with Gasteiger partial charge in [0.05, 0.1) is 0 Å². The van der Waals surface area contributed by atoms with E-state index in [1.54, 1.807) is 12.3 Å². The lowest BCUT2D eigenvalue weighted by molar-refractivity contribution is -0.112. The molecule has 0 saturated carbocycles. The van der Waals surface area contributed by atoms with Crippen LogP contribution < -0.4 is 5.73 Å². The number of halogens is 1. The van der Waals surface area contributed by atoms with E-state index < -0.39 is 5.91 Å². The summed E-state index contributed by atoms with van der Waals surface area (Å²) in [5.74, 6) is -0.462. The van der Waals surface area contributed by atoms with Crippen molar-refractivity contribution in [1.82, 2.24) is 9.97 Å². The van der Waals surface area contributed by atoms with E-state index >= 15 is 0 Å². The highest BCUT2D eigenvalue weighted by molar-refractivity contribution is 9.10. The zero-order valence-corrected chi connectivity index (χ0v) is 12.6. The molecule has 0 aliphatic carbocycles. The lowest BCUT2D eigenvalue weighted by atomic mass is 10.0. The standard InChI is InChI=1S/C16H12BrN3O/c17-12-5-3-10(4-6-12)14(15(18)21)8-11-9-20-16-13(11)2-1-7-19-16/h1-9H,(H2,18,21)(H,19,20). The molecule has 2 heterocycles. The minimum atomic E-state index is -0.462. The van der Waals surface area contributed by atoms with Gasteiger partial charge in [0.1, 0.15) is 5.65 Å². The largest absolute Gasteiger partial charge is 0.366 e. The SMILES string of the molecule is NC(=O)C(=Cc1c[nH]c2ncccc12)c1ccc(Br)cc1. The Morgan fingerprint density at radius 3 is 2.71 bits per heavy atom. The van der Waals surface area contributed by atoms with Gasteiger partial charge in [0.15, 0.2) is 0 Å². The summed E-state index contributed by atoms with van der Waals surface area (Å²) in [7, 11) is 0. The molecule has 3 N–H and O–H groups in total. The van der Waals surface area contributed by atoms with E-state index in [1.807, 2.05) is 42.6 Å². The Hall–Kier alpha value is -2.40. The Bertz CT molecular complexity index is 834. The summed E-state index contributed by atoms with van der Waals surface area (Å²) in [6, 6.07) is 11.3. The molecule has 0 bridgehead atoms. The molecule has 0 aliphatic heterocycles. The summed E-state index contributed by atoms with van der Waals surface area (Å²) in [6.45, 7) is 0. The quantitative estimate of drug-likeness (QED) is 0.717. The number of rotatable bonds is 3. The van der Waals surface area contributed by atoms with Gasteiger partial charge in [-0.3, -0.25) is 4.79 Å². The van der Waals surface area contributed by atoms with E-state index in [2.05, 4.69) is 25.9 Å². The van der Waals surface area contributed by atoms with Crippen LogP contribution in [0.2, 0.25) is 0 Å². The van der Waals surface area contributed by atoms with Crippen LogP contribution in [0.25, 0.3) is 22.7 Å². The van der Waals surface area contributed by atoms with Crippen LogP contribution in [0.3, 0.4) is 0 Å². The number of carbonyl (C=O) groups is 1. The Morgan fingerprint density at radius 2 is 2.00 bits per heavy atom. The Labute approximate surface area is 129 Å². The number of fused-ring (bicyclic) bond motifs is 1. The second-order valence-corrected chi connectivity index (χ2v) is 5.49. The first-order valence-electron chi connectivity index (χ1n) is 6.34. The van der Waals surface area contributed by atoms with Crippen LogP contribution in [0.1, 0.15) is 11.1 Å². The Balaban J connectivity index is 2.13. The smallest absolute Gasteiger partial charge is 0.249 e. The molecule has 0 saturated heterocycles. The van der Waals surface area contributed by atoms with Crippen molar-refractivity contribution in [2.75, 3.05) is 0 Å². The minimum Gasteiger partial charge on any atom is -0.366 e. The van der Waals surface area contributed by atoms with Crippen LogP contribution in [-0.4, -0.2) is 15.9 Å². The van der Waals surface area contributed by atoms with Crippen LogP contribution in [0, 0.1) is 0 Å². The van der Waals surface area contributed by atoms with Crippen molar-refractivity contribution < 1.29 is 4.79 Å². The summed E-state index contributed by atoms with van der Waals surface area (Å²) in [5, 5.41) is 0.952. The van der Waals surface area contributed by atoms with Gasteiger partial charge in [-0.1, -0.05) is 28.1 Å². The fourth-order valence-electron chi connectivity index (χ4n) is 2.18. The highest BCUT2D eigenvalue weighted by Gasteiger charge is 2.10. The maximum Gasteiger partial charge on any atom is 0.249 e. The van der Waals surface area contributed by atoms with Gasteiger partial charge in [-0.05, 0) is 35.9 Å². The molecule has 21 heavy (non-hydrogen) atoms. The number of aromatic amines is 1. The van der Waals surface area contributed by atoms with E-state index in [0.29, 0.717) is 5.57 Å². The number of nitrogens with two attached hydrogens (primary N) is 1. The number of H-pyrrole nitrogens is 1. The summed E-state index contributed by atoms with van der Waals surface area (Å²) >= 11 is 3.38. The van der Waals surface area contributed by atoms with Crippen molar-refractivity contribution in [3.05, 3.63) is 64.4 Å². The monoisotopic (exact) mass is 341 g/mol. The zero-order valence-electron chi connectivity index (χ0n) is 11.0. The first kappa shape index (κ1) is 13.6. The van der Waals surface area contributed by atoms with Gasteiger partial charge in [0.25, 0.3) is 0 Å². The van der Waals surface area contributed by atoms with Crippen LogP contribution in [0.5, 0.6) is 0 Å². The highest BCUT2D eigenvalue weighted by Crippen LogP contribution is 2.24. The van der Waals surface area contributed by atoms with E-state index in [4.69, 9.17) is 5.73 Å². The van der Waals surface area contributed by atoms with Crippen LogP contribution in [-0.2, 0) is 4.79 Å². The van der Waals surface area contributed by atoms with Gasteiger partial charge in [-0.2, -0.15) is 0 Å². The van der Waals surface area contributed by atoms with E-state index in [1.165, 1.54) is 0 Å². The molecule has 2 aromatic heterocycles. The van der Waals surface area contributed by atoms with Crippen molar-refractivity contribution in [2.45, 2.75) is 0 Å². The number of hydrogen-bond acceptors (Lipinski definition) is 2. The number of nitrogens with one attached hydrogen (secondary N) is 1. The zero-order chi connectivity index (χ0) is 14.8. The Kier molecular flexibility index (Phi) is 3.58. The Morgan fingerprint density at radius 1 is 1.24 bits per heavy atom. The van der Waals surface area contributed by atoms with Crippen molar-refractivity contribution in [2.24, 2.45) is 5.73 Å². The molecule has 1 aromatic carbocycles. The average molecular weight is 342 g/mol. The summed E-state index contributed by atoms with van der Waals surface area (Å²) in [6.07, 6.45) is 5.32. The van der Waals surface area contributed by atoms with Crippen LogP contribution in [0.15, 0.2) is 53.3 Å². The van der Waals surface area contributed by atoms with Gasteiger partial charge in [-0.25, -0.2) is 4.98 Å². The first-order chi connectivity index (χ1) is 10.1. The third kappa shape index (κ3) is 2.73. The molecule has 3 aromatic rings. The third-order valence-corrected chi connectivity index (χ3v) is 3.73. The van der Waals surface area contributed by atoms with E-state index in [9.17, 15) is 4.79 Å². The molecule has 104 valence electrons. The van der Waals surface area contributed by atoms with Gasteiger partial charge in [-0.15, -0.1) is 0 Å².